The molecule has 2 N–H and O–H groups in total. The van der Waals surface area contributed by atoms with E-state index in [-0.39, 0.29) is 5.91 Å². The van der Waals surface area contributed by atoms with Crippen molar-refractivity contribution in [2.45, 2.75) is 25.2 Å². The van der Waals surface area contributed by atoms with Crippen LogP contribution in [0.4, 0.5) is 0 Å². The fourth-order valence-corrected chi connectivity index (χ4v) is 4.90. The summed E-state index contributed by atoms with van der Waals surface area (Å²) in [5.41, 5.74) is 7.22. The molecule has 0 saturated carbocycles. The number of hydrogen-bond donors (Lipinski definition) is 1. The molecule has 20 heavy (non-hydrogen) atoms. The predicted molar refractivity (Wildman–Crippen MR) is 85.5 cm³/mol. The third-order valence-electron chi connectivity index (χ3n) is 4.31. The van der Waals surface area contributed by atoms with Crippen molar-refractivity contribution in [1.29, 1.82) is 0 Å². The average Bonchev–Trinajstić information content (AvgIpc) is 2.78. The van der Waals surface area contributed by atoms with E-state index in [1.807, 2.05) is 28.9 Å². The number of nitrogens with zero attached hydrogens (tertiary/aromatic N) is 2. The zero-order valence-corrected chi connectivity index (χ0v) is 13.1. The molecule has 1 fully saturated rings. The van der Waals surface area contributed by atoms with Crippen LogP contribution in [-0.4, -0.2) is 31.7 Å². The highest BCUT2D eigenvalue weighted by Crippen LogP contribution is 2.25. The lowest BCUT2D eigenvalue weighted by Crippen LogP contribution is -2.48. The standard InChI is InChI=1S/C15H21N3OSi/c1-20(2)9-7-17(8-10-20)18-13-6-4-3-5-12(13)11-14(18)15(16)19/h3-6,11H,7-10H2,1-2H3,(H2,16,19). The van der Waals surface area contributed by atoms with Gasteiger partial charge in [-0.2, -0.15) is 0 Å². The number of carbonyl (C=O) groups is 1. The van der Waals surface area contributed by atoms with Gasteiger partial charge >= 0.3 is 0 Å². The summed E-state index contributed by atoms with van der Waals surface area (Å²) in [6.07, 6.45) is 0. The minimum absolute atomic E-state index is 0.358. The molecule has 106 valence electrons. The summed E-state index contributed by atoms with van der Waals surface area (Å²) in [4.78, 5) is 11.7. The van der Waals surface area contributed by atoms with Crippen LogP contribution in [0.25, 0.3) is 10.9 Å². The Morgan fingerprint density at radius 3 is 2.50 bits per heavy atom. The van der Waals surface area contributed by atoms with E-state index in [0.717, 1.165) is 24.0 Å². The normalized spacial score (nSPS) is 18.4. The molecule has 1 aromatic heterocycles. The van der Waals surface area contributed by atoms with Crippen molar-refractivity contribution < 1.29 is 4.79 Å². The molecule has 1 aromatic carbocycles. The number of hydrogen-bond acceptors (Lipinski definition) is 2. The summed E-state index contributed by atoms with van der Waals surface area (Å²) >= 11 is 0. The molecular formula is C15H21N3OSi. The number of benzene rings is 1. The molecule has 1 saturated heterocycles. The fourth-order valence-electron chi connectivity index (χ4n) is 2.92. The molecule has 0 spiro atoms. The Hall–Kier alpha value is -1.75. The Morgan fingerprint density at radius 2 is 1.85 bits per heavy atom. The second-order valence-corrected chi connectivity index (χ2v) is 11.7. The molecule has 0 bridgehead atoms. The van der Waals surface area contributed by atoms with Crippen LogP contribution in [0, 0.1) is 0 Å². The van der Waals surface area contributed by atoms with Gasteiger partial charge in [0.25, 0.3) is 5.91 Å². The van der Waals surface area contributed by atoms with Crippen LogP contribution in [0.3, 0.4) is 0 Å². The Kier molecular flexibility index (Phi) is 3.09. The smallest absolute Gasteiger partial charge is 0.267 e. The first-order valence-corrected chi connectivity index (χ1v) is 10.5. The number of nitrogens with two attached hydrogens (primary N) is 1. The maximum atomic E-state index is 11.7. The summed E-state index contributed by atoms with van der Waals surface area (Å²) in [5.74, 6) is -0.358. The van der Waals surface area contributed by atoms with Gasteiger partial charge in [0.05, 0.1) is 13.6 Å². The van der Waals surface area contributed by atoms with Gasteiger partial charge in [0.2, 0.25) is 0 Å². The van der Waals surface area contributed by atoms with Gasteiger partial charge in [-0.25, -0.2) is 0 Å². The predicted octanol–water partition coefficient (Wildman–Crippen LogP) is 2.40. The average molecular weight is 287 g/mol. The molecule has 0 aliphatic carbocycles. The van der Waals surface area contributed by atoms with Gasteiger partial charge in [0.15, 0.2) is 0 Å². The third-order valence-corrected chi connectivity index (χ3v) is 7.47. The number of para-hydroxylation sites is 1. The van der Waals surface area contributed by atoms with E-state index in [9.17, 15) is 4.79 Å². The van der Waals surface area contributed by atoms with E-state index in [1.165, 1.54) is 12.1 Å². The molecule has 4 nitrogen and oxygen atoms in total. The number of amides is 1. The molecule has 2 heterocycles. The van der Waals surface area contributed by atoms with Crippen LogP contribution in [0.2, 0.25) is 25.2 Å². The van der Waals surface area contributed by atoms with Crippen molar-refractivity contribution in [2.75, 3.05) is 18.1 Å². The summed E-state index contributed by atoms with van der Waals surface area (Å²) in [6.45, 7) is 6.90. The lowest BCUT2D eigenvalue weighted by molar-refractivity contribution is 0.0991. The molecular weight excluding hydrogens is 266 g/mol. The molecule has 5 heteroatoms. The Morgan fingerprint density at radius 1 is 1.20 bits per heavy atom. The molecule has 1 aliphatic heterocycles. The minimum Gasteiger partial charge on any atom is -0.364 e. The topological polar surface area (TPSA) is 51.3 Å². The van der Waals surface area contributed by atoms with Crippen molar-refractivity contribution in [3.05, 3.63) is 36.0 Å². The van der Waals surface area contributed by atoms with E-state index >= 15 is 0 Å². The van der Waals surface area contributed by atoms with E-state index in [4.69, 9.17) is 5.73 Å². The second kappa shape index (κ2) is 4.66. The number of fused-ring (bicyclic) bond motifs is 1. The zero-order chi connectivity index (χ0) is 14.3. The first-order valence-electron chi connectivity index (χ1n) is 7.13. The van der Waals surface area contributed by atoms with Crippen molar-refractivity contribution in [3.63, 3.8) is 0 Å². The van der Waals surface area contributed by atoms with Crippen LogP contribution >= 0.6 is 0 Å². The van der Waals surface area contributed by atoms with Crippen LogP contribution < -0.4 is 10.7 Å². The summed E-state index contributed by atoms with van der Waals surface area (Å²) in [5, 5.41) is 3.35. The molecule has 3 rings (SSSR count). The Labute approximate surface area is 120 Å². The van der Waals surface area contributed by atoms with Gasteiger partial charge in [-0.05, 0) is 24.2 Å². The maximum absolute atomic E-state index is 11.7. The number of carbonyl (C=O) groups excluding carboxylic acids is 1. The molecule has 0 radical (unpaired) electrons. The van der Waals surface area contributed by atoms with E-state index in [1.54, 1.807) is 0 Å². The number of primary amides is 1. The third kappa shape index (κ3) is 2.22. The summed E-state index contributed by atoms with van der Waals surface area (Å²) in [7, 11) is -1.03. The van der Waals surface area contributed by atoms with Gasteiger partial charge < -0.3 is 10.7 Å². The summed E-state index contributed by atoms with van der Waals surface area (Å²) in [6, 6.07) is 12.5. The quantitative estimate of drug-likeness (QED) is 0.862. The highest BCUT2D eigenvalue weighted by Gasteiger charge is 2.29. The first kappa shape index (κ1) is 13.2. The van der Waals surface area contributed by atoms with Crippen molar-refractivity contribution in [3.8, 4) is 0 Å². The number of rotatable bonds is 2. The van der Waals surface area contributed by atoms with Crippen LogP contribution in [0.5, 0.6) is 0 Å². The van der Waals surface area contributed by atoms with Gasteiger partial charge in [-0.15, -0.1) is 0 Å². The van der Waals surface area contributed by atoms with Crippen molar-refractivity contribution in [2.24, 2.45) is 5.73 Å². The molecule has 1 aliphatic rings. The maximum Gasteiger partial charge on any atom is 0.267 e. The van der Waals surface area contributed by atoms with Crippen LogP contribution in [0.1, 0.15) is 10.5 Å². The zero-order valence-electron chi connectivity index (χ0n) is 12.1. The second-order valence-electron chi connectivity index (χ2n) is 6.38. The largest absolute Gasteiger partial charge is 0.364 e. The summed E-state index contributed by atoms with van der Waals surface area (Å²) < 4.78 is 2.03. The van der Waals surface area contributed by atoms with E-state index in [0.29, 0.717) is 5.69 Å². The van der Waals surface area contributed by atoms with Gasteiger partial charge in [0, 0.05) is 18.5 Å². The Balaban J connectivity index is 2.06. The van der Waals surface area contributed by atoms with E-state index < -0.39 is 8.07 Å². The van der Waals surface area contributed by atoms with Gasteiger partial charge in [0.1, 0.15) is 5.69 Å². The SMILES string of the molecule is C[Si]1(C)CCN(n2c(C(N)=O)cc3ccccc32)CC1. The molecule has 2 aromatic rings. The molecule has 0 unspecified atom stereocenters. The molecule has 1 amide bonds. The lowest BCUT2D eigenvalue weighted by Gasteiger charge is -2.38. The number of aromatic nitrogens is 1. The van der Waals surface area contributed by atoms with Crippen LogP contribution in [-0.2, 0) is 0 Å². The van der Waals surface area contributed by atoms with Crippen molar-refractivity contribution >= 4 is 24.9 Å². The van der Waals surface area contributed by atoms with Gasteiger partial charge in [-0.3, -0.25) is 9.47 Å². The Bertz CT molecular complexity index is 652. The highest BCUT2D eigenvalue weighted by molar-refractivity contribution is 6.77. The van der Waals surface area contributed by atoms with Crippen LogP contribution in [0.15, 0.2) is 30.3 Å². The van der Waals surface area contributed by atoms with Crippen molar-refractivity contribution in [1.82, 2.24) is 4.68 Å². The first-order chi connectivity index (χ1) is 9.48. The lowest BCUT2D eigenvalue weighted by atomic mass is 10.2. The monoisotopic (exact) mass is 287 g/mol. The van der Waals surface area contributed by atoms with E-state index in [2.05, 4.69) is 24.2 Å². The minimum atomic E-state index is -1.03. The highest BCUT2D eigenvalue weighted by atomic mass is 28.3. The van der Waals surface area contributed by atoms with Gasteiger partial charge in [-0.1, -0.05) is 31.3 Å². The fraction of sp³-hybridized carbons (Fsp3) is 0.400. The molecule has 0 atom stereocenters.